The second-order valence-corrected chi connectivity index (χ2v) is 7.44. The molecule has 0 spiro atoms. The molecular weight excluding hydrogens is 292 g/mol. The van der Waals surface area contributed by atoms with Gasteiger partial charge in [0.2, 0.25) is 5.91 Å². The molecule has 2 aliphatic heterocycles. The zero-order chi connectivity index (χ0) is 15.5. The van der Waals surface area contributed by atoms with E-state index in [-0.39, 0.29) is 5.91 Å². The molecule has 0 bridgehead atoms. The first kappa shape index (κ1) is 15.9. The van der Waals surface area contributed by atoms with Gasteiger partial charge in [-0.3, -0.25) is 9.69 Å². The Hall–Kier alpha value is -1.00. The summed E-state index contributed by atoms with van der Waals surface area (Å²) >= 11 is 1.73. The van der Waals surface area contributed by atoms with Crippen LogP contribution in [0.1, 0.15) is 31.7 Å². The third-order valence-corrected chi connectivity index (χ3v) is 5.80. The Morgan fingerprint density at radius 3 is 2.59 bits per heavy atom. The summed E-state index contributed by atoms with van der Waals surface area (Å²) in [5.74, 6) is 0.276. The molecule has 2 heterocycles. The Labute approximate surface area is 138 Å². The van der Waals surface area contributed by atoms with Gasteiger partial charge in [-0.25, -0.2) is 0 Å². The molecule has 0 aliphatic carbocycles. The Balaban J connectivity index is 1.48. The molecule has 0 N–H and O–H groups in total. The molecule has 22 heavy (non-hydrogen) atoms. The molecule has 2 saturated heterocycles. The number of rotatable bonds is 4. The number of benzene rings is 1. The largest absolute Gasteiger partial charge is 0.339 e. The van der Waals surface area contributed by atoms with Gasteiger partial charge in [0.25, 0.3) is 0 Å². The maximum Gasteiger partial charge on any atom is 0.227 e. The van der Waals surface area contributed by atoms with E-state index in [2.05, 4.69) is 42.3 Å². The first-order chi connectivity index (χ1) is 10.7. The second-order valence-electron chi connectivity index (χ2n) is 6.56. The molecule has 1 amide bonds. The van der Waals surface area contributed by atoms with E-state index >= 15 is 0 Å². The topological polar surface area (TPSA) is 23.6 Å². The third-order valence-electron chi connectivity index (χ3n) is 5.05. The van der Waals surface area contributed by atoms with Crippen molar-refractivity contribution in [1.82, 2.24) is 9.80 Å². The van der Waals surface area contributed by atoms with Gasteiger partial charge in [0.1, 0.15) is 0 Å². The van der Waals surface area contributed by atoms with Gasteiger partial charge in [-0.1, -0.05) is 18.6 Å². The van der Waals surface area contributed by atoms with Gasteiger partial charge in [-0.05, 0) is 50.3 Å². The van der Waals surface area contributed by atoms with Crippen LogP contribution in [0.25, 0.3) is 0 Å². The highest BCUT2D eigenvalue weighted by atomic mass is 32.2. The lowest BCUT2D eigenvalue weighted by atomic mass is 9.97. The quantitative estimate of drug-likeness (QED) is 0.797. The Bertz CT molecular complexity index is 510. The summed E-state index contributed by atoms with van der Waals surface area (Å²) in [6.45, 7) is 5.39. The van der Waals surface area contributed by atoms with Crippen molar-refractivity contribution in [3.05, 3.63) is 29.8 Å². The molecule has 3 rings (SSSR count). The minimum atomic E-state index is 0.276. The summed E-state index contributed by atoms with van der Waals surface area (Å²) in [6, 6.07) is 9.64. The van der Waals surface area contributed by atoms with Crippen molar-refractivity contribution in [3.8, 4) is 0 Å². The summed E-state index contributed by atoms with van der Waals surface area (Å²) < 4.78 is 0. The number of thioether (sulfide) groups is 1. The summed E-state index contributed by atoms with van der Waals surface area (Å²) in [5.41, 5.74) is 1.12. The van der Waals surface area contributed by atoms with Gasteiger partial charge in [0, 0.05) is 30.1 Å². The Morgan fingerprint density at radius 2 is 1.95 bits per heavy atom. The molecular formula is C18H26N2OS. The van der Waals surface area contributed by atoms with E-state index in [1.165, 1.54) is 30.7 Å². The maximum atomic E-state index is 12.4. The zero-order valence-corrected chi connectivity index (χ0v) is 14.4. The third kappa shape index (κ3) is 3.49. The van der Waals surface area contributed by atoms with Crippen molar-refractivity contribution in [2.45, 2.75) is 49.6 Å². The summed E-state index contributed by atoms with van der Waals surface area (Å²) in [7, 11) is 0. The molecule has 0 aromatic heterocycles. The van der Waals surface area contributed by atoms with Crippen molar-refractivity contribution < 1.29 is 4.79 Å². The fourth-order valence-corrected chi connectivity index (χ4v) is 3.97. The van der Waals surface area contributed by atoms with Crippen molar-refractivity contribution in [1.29, 1.82) is 0 Å². The standard InChI is InChI=1S/C18H26N2OS/c1-14-5-3-4-10-20(14)16-12-19(13-16)18(21)11-15-6-8-17(22-2)9-7-15/h6-9,14,16H,3-5,10-13H2,1-2H3/t14-/m1/s1. The van der Waals surface area contributed by atoms with Gasteiger partial charge in [0.05, 0.1) is 6.42 Å². The first-order valence-corrected chi connectivity index (χ1v) is 9.56. The Morgan fingerprint density at radius 1 is 1.23 bits per heavy atom. The van der Waals surface area contributed by atoms with Crippen molar-refractivity contribution in [2.24, 2.45) is 0 Å². The van der Waals surface area contributed by atoms with Crippen LogP contribution in [0, 0.1) is 0 Å². The highest BCUT2D eigenvalue weighted by Crippen LogP contribution is 2.25. The number of hydrogen-bond donors (Lipinski definition) is 0. The van der Waals surface area contributed by atoms with Gasteiger partial charge in [0.15, 0.2) is 0 Å². The number of hydrogen-bond acceptors (Lipinski definition) is 3. The van der Waals surface area contributed by atoms with Crippen LogP contribution in [0.5, 0.6) is 0 Å². The smallest absolute Gasteiger partial charge is 0.227 e. The number of piperidine rings is 1. The molecule has 0 radical (unpaired) electrons. The minimum absolute atomic E-state index is 0.276. The fourth-order valence-electron chi connectivity index (χ4n) is 3.56. The van der Waals surface area contributed by atoms with Crippen LogP contribution in [-0.2, 0) is 11.2 Å². The van der Waals surface area contributed by atoms with E-state index in [0.717, 1.165) is 18.7 Å². The number of amides is 1. The lowest BCUT2D eigenvalue weighted by molar-refractivity contribution is -0.139. The number of nitrogens with zero attached hydrogens (tertiary/aromatic N) is 2. The molecule has 1 aromatic rings. The molecule has 1 atom stereocenters. The number of carbonyl (C=O) groups excluding carboxylic acids is 1. The molecule has 2 aliphatic rings. The average molecular weight is 318 g/mol. The average Bonchev–Trinajstić information content (AvgIpc) is 2.48. The lowest BCUT2D eigenvalue weighted by Crippen LogP contribution is -2.63. The SMILES string of the molecule is CSc1ccc(CC(=O)N2CC(N3CCCC[C@H]3C)C2)cc1. The number of likely N-dealkylation sites (tertiary alicyclic amines) is 2. The highest BCUT2D eigenvalue weighted by Gasteiger charge is 2.37. The molecule has 120 valence electrons. The molecule has 4 heteroatoms. The summed E-state index contributed by atoms with van der Waals surface area (Å²) in [4.78, 5) is 18.2. The lowest BCUT2D eigenvalue weighted by Gasteiger charge is -2.49. The molecule has 1 aromatic carbocycles. The predicted octanol–water partition coefficient (Wildman–Crippen LogP) is 3.04. The molecule has 0 unspecified atom stereocenters. The van der Waals surface area contributed by atoms with Crippen LogP contribution in [0.15, 0.2) is 29.2 Å². The van der Waals surface area contributed by atoms with Crippen LogP contribution in [0.2, 0.25) is 0 Å². The van der Waals surface area contributed by atoms with Crippen molar-refractivity contribution >= 4 is 17.7 Å². The van der Waals surface area contributed by atoms with Gasteiger partial charge in [-0.2, -0.15) is 0 Å². The summed E-state index contributed by atoms with van der Waals surface area (Å²) in [5, 5.41) is 0. The van der Waals surface area contributed by atoms with E-state index in [4.69, 9.17) is 0 Å². The van der Waals surface area contributed by atoms with E-state index in [0.29, 0.717) is 18.5 Å². The van der Waals surface area contributed by atoms with E-state index in [1.54, 1.807) is 11.8 Å². The zero-order valence-electron chi connectivity index (χ0n) is 13.6. The molecule has 0 saturated carbocycles. The normalized spacial score (nSPS) is 23.4. The maximum absolute atomic E-state index is 12.4. The monoisotopic (exact) mass is 318 g/mol. The van der Waals surface area contributed by atoms with Crippen molar-refractivity contribution in [2.75, 3.05) is 25.9 Å². The van der Waals surface area contributed by atoms with Crippen LogP contribution in [-0.4, -0.2) is 53.7 Å². The number of carbonyl (C=O) groups is 1. The predicted molar refractivity (Wildman–Crippen MR) is 92.3 cm³/mol. The van der Waals surface area contributed by atoms with Crippen LogP contribution < -0.4 is 0 Å². The van der Waals surface area contributed by atoms with Gasteiger partial charge >= 0.3 is 0 Å². The van der Waals surface area contributed by atoms with Crippen molar-refractivity contribution in [3.63, 3.8) is 0 Å². The van der Waals surface area contributed by atoms with E-state index in [1.807, 2.05) is 4.90 Å². The molecule has 3 nitrogen and oxygen atoms in total. The minimum Gasteiger partial charge on any atom is -0.339 e. The van der Waals surface area contributed by atoms with Gasteiger partial charge < -0.3 is 4.90 Å². The van der Waals surface area contributed by atoms with Crippen LogP contribution in [0.4, 0.5) is 0 Å². The fraction of sp³-hybridized carbons (Fsp3) is 0.611. The van der Waals surface area contributed by atoms with E-state index in [9.17, 15) is 4.79 Å². The second kappa shape index (κ2) is 7.05. The van der Waals surface area contributed by atoms with E-state index < -0.39 is 0 Å². The first-order valence-electron chi connectivity index (χ1n) is 8.34. The summed E-state index contributed by atoms with van der Waals surface area (Å²) in [6.07, 6.45) is 6.60. The van der Waals surface area contributed by atoms with Crippen LogP contribution >= 0.6 is 11.8 Å². The van der Waals surface area contributed by atoms with Gasteiger partial charge in [-0.15, -0.1) is 11.8 Å². The highest BCUT2D eigenvalue weighted by molar-refractivity contribution is 7.98. The molecule has 2 fully saturated rings. The Kier molecular flexibility index (Phi) is 5.09. The van der Waals surface area contributed by atoms with Crippen LogP contribution in [0.3, 0.4) is 0 Å².